The number of halogens is 1. The van der Waals surface area contributed by atoms with Crippen molar-refractivity contribution in [2.45, 2.75) is 31.8 Å². The first-order valence-corrected chi connectivity index (χ1v) is 6.31. The van der Waals surface area contributed by atoms with Crippen LogP contribution in [0.15, 0.2) is 6.07 Å². The molecule has 1 heterocycles. The molecule has 0 aromatic heterocycles. The van der Waals surface area contributed by atoms with Crippen LogP contribution in [0.2, 0.25) is 5.02 Å². The Kier molecular flexibility index (Phi) is 2.49. The van der Waals surface area contributed by atoms with E-state index in [2.05, 4.69) is 0 Å². The molecule has 1 aliphatic heterocycles. The third kappa shape index (κ3) is 1.78. The summed E-state index contributed by atoms with van der Waals surface area (Å²) in [6.07, 6.45) is 2.41. The van der Waals surface area contributed by atoms with Gasteiger partial charge in [0.25, 0.3) is 0 Å². The van der Waals surface area contributed by atoms with E-state index in [0.29, 0.717) is 24.0 Å². The Balaban J connectivity index is 2.15. The van der Waals surface area contributed by atoms with Crippen LogP contribution >= 0.6 is 11.6 Å². The Labute approximate surface area is 105 Å². The van der Waals surface area contributed by atoms with Gasteiger partial charge in [-0.15, -0.1) is 0 Å². The van der Waals surface area contributed by atoms with E-state index in [1.165, 1.54) is 0 Å². The van der Waals surface area contributed by atoms with E-state index in [9.17, 15) is 5.11 Å². The average Bonchev–Trinajstić information content (AvgIpc) is 3.02. The van der Waals surface area contributed by atoms with Gasteiger partial charge in [0.15, 0.2) is 11.5 Å². The van der Waals surface area contributed by atoms with Crippen molar-refractivity contribution >= 4 is 11.6 Å². The molecule has 0 atom stereocenters. The van der Waals surface area contributed by atoms with Crippen LogP contribution < -0.4 is 9.47 Å². The van der Waals surface area contributed by atoms with Crippen LogP contribution in [0, 0.1) is 6.92 Å². The molecule has 0 bridgehead atoms. The average molecular weight is 255 g/mol. The van der Waals surface area contributed by atoms with Crippen molar-refractivity contribution in [3.05, 3.63) is 22.2 Å². The molecule has 1 aromatic carbocycles. The second-order valence-corrected chi connectivity index (χ2v) is 5.17. The van der Waals surface area contributed by atoms with Crippen molar-refractivity contribution in [3.8, 4) is 11.5 Å². The van der Waals surface area contributed by atoms with Gasteiger partial charge >= 0.3 is 0 Å². The van der Waals surface area contributed by atoms with E-state index < -0.39 is 5.60 Å². The fourth-order valence-corrected chi connectivity index (χ4v) is 2.79. The molecule has 0 unspecified atom stereocenters. The summed E-state index contributed by atoms with van der Waals surface area (Å²) in [7, 11) is 0. The van der Waals surface area contributed by atoms with Crippen molar-refractivity contribution in [1.29, 1.82) is 0 Å². The van der Waals surface area contributed by atoms with Crippen LogP contribution in [0.5, 0.6) is 11.5 Å². The summed E-state index contributed by atoms with van der Waals surface area (Å²) in [5.74, 6) is 1.43. The van der Waals surface area contributed by atoms with Crippen LogP contribution in [0.3, 0.4) is 0 Å². The predicted octanol–water partition coefficient (Wildman–Crippen LogP) is 2.79. The molecule has 0 saturated heterocycles. The molecule has 3 rings (SSSR count). The maximum Gasteiger partial charge on any atom is 0.164 e. The molecule has 2 aliphatic rings. The number of benzene rings is 1. The number of fused-ring (bicyclic) bond motifs is 1. The van der Waals surface area contributed by atoms with Gasteiger partial charge in [-0.3, -0.25) is 0 Å². The summed E-state index contributed by atoms with van der Waals surface area (Å²) < 4.78 is 11.3. The smallest absolute Gasteiger partial charge is 0.164 e. The van der Waals surface area contributed by atoms with Gasteiger partial charge < -0.3 is 14.6 Å². The molecule has 1 aliphatic carbocycles. The highest BCUT2D eigenvalue weighted by Gasteiger charge is 2.45. The highest BCUT2D eigenvalue weighted by atomic mass is 35.5. The highest BCUT2D eigenvalue weighted by Crippen LogP contribution is 2.52. The van der Waals surface area contributed by atoms with E-state index >= 15 is 0 Å². The minimum atomic E-state index is -0.744. The Morgan fingerprint density at radius 2 is 2.00 bits per heavy atom. The molecule has 17 heavy (non-hydrogen) atoms. The van der Waals surface area contributed by atoms with E-state index in [-0.39, 0.29) is 0 Å². The highest BCUT2D eigenvalue weighted by molar-refractivity contribution is 6.31. The zero-order chi connectivity index (χ0) is 12.0. The standard InChI is InChI=1S/C13H15ClO3/c1-8-11(13(15)3-4-13)9(14)7-10-12(8)17-6-2-5-16-10/h7,15H,2-6H2,1H3. The SMILES string of the molecule is Cc1c2c(cc(Cl)c1C1(O)CC1)OCCCO2. The summed E-state index contributed by atoms with van der Waals surface area (Å²) in [5, 5.41) is 10.8. The second-order valence-electron chi connectivity index (χ2n) is 4.77. The van der Waals surface area contributed by atoms with Crippen LogP contribution in [-0.2, 0) is 5.60 Å². The van der Waals surface area contributed by atoms with Gasteiger partial charge in [0.1, 0.15) is 0 Å². The van der Waals surface area contributed by atoms with E-state index in [1.54, 1.807) is 6.07 Å². The maximum absolute atomic E-state index is 10.3. The molecular formula is C13H15ClO3. The fourth-order valence-electron chi connectivity index (χ4n) is 2.37. The Bertz CT molecular complexity index is 466. The van der Waals surface area contributed by atoms with Crippen molar-refractivity contribution in [2.24, 2.45) is 0 Å². The number of aliphatic hydroxyl groups is 1. The molecule has 0 spiro atoms. The third-order valence-corrected chi connectivity index (χ3v) is 3.72. The Morgan fingerprint density at radius 1 is 1.29 bits per heavy atom. The van der Waals surface area contributed by atoms with E-state index in [0.717, 1.165) is 36.1 Å². The van der Waals surface area contributed by atoms with Gasteiger partial charge in [-0.2, -0.15) is 0 Å². The molecule has 1 aromatic rings. The van der Waals surface area contributed by atoms with Gasteiger partial charge in [0.2, 0.25) is 0 Å². The van der Waals surface area contributed by atoms with Crippen molar-refractivity contribution in [1.82, 2.24) is 0 Å². The van der Waals surface area contributed by atoms with Crippen LogP contribution in [0.25, 0.3) is 0 Å². The zero-order valence-electron chi connectivity index (χ0n) is 9.75. The second kappa shape index (κ2) is 3.79. The van der Waals surface area contributed by atoms with Gasteiger partial charge in [-0.05, 0) is 19.8 Å². The van der Waals surface area contributed by atoms with Gasteiger partial charge in [0.05, 0.1) is 23.8 Å². The normalized spacial score (nSPS) is 20.9. The molecular weight excluding hydrogens is 240 g/mol. The fraction of sp³-hybridized carbons (Fsp3) is 0.538. The lowest BCUT2D eigenvalue weighted by Crippen LogP contribution is -2.09. The minimum absolute atomic E-state index is 0.576. The lowest BCUT2D eigenvalue weighted by Gasteiger charge is -2.19. The number of ether oxygens (including phenoxy) is 2. The molecule has 1 fully saturated rings. The van der Waals surface area contributed by atoms with Gasteiger partial charge in [-0.1, -0.05) is 11.6 Å². The number of hydrogen-bond donors (Lipinski definition) is 1. The van der Waals surface area contributed by atoms with Crippen molar-refractivity contribution in [3.63, 3.8) is 0 Å². The zero-order valence-corrected chi connectivity index (χ0v) is 10.5. The molecule has 0 radical (unpaired) electrons. The Morgan fingerprint density at radius 3 is 2.71 bits per heavy atom. The van der Waals surface area contributed by atoms with Gasteiger partial charge in [0, 0.05) is 23.6 Å². The first kappa shape index (κ1) is 11.2. The lowest BCUT2D eigenvalue weighted by molar-refractivity contribution is 0.150. The van der Waals surface area contributed by atoms with Crippen molar-refractivity contribution < 1.29 is 14.6 Å². The summed E-state index contributed by atoms with van der Waals surface area (Å²) >= 11 is 6.25. The first-order chi connectivity index (χ1) is 8.12. The van der Waals surface area contributed by atoms with E-state index in [4.69, 9.17) is 21.1 Å². The summed E-state index contributed by atoms with van der Waals surface area (Å²) in [6, 6.07) is 1.76. The number of hydrogen-bond acceptors (Lipinski definition) is 3. The van der Waals surface area contributed by atoms with Crippen molar-refractivity contribution in [2.75, 3.05) is 13.2 Å². The first-order valence-electron chi connectivity index (χ1n) is 5.93. The Hall–Kier alpha value is -0.930. The van der Waals surface area contributed by atoms with Crippen LogP contribution in [0.4, 0.5) is 0 Å². The molecule has 3 nitrogen and oxygen atoms in total. The summed E-state index contributed by atoms with van der Waals surface area (Å²) in [5.41, 5.74) is 0.976. The topological polar surface area (TPSA) is 38.7 Å². The molecule has 4 heteroatoms. The van der Waals surface area contributed by atoms with Crippen LogP contribution in [0.1, 0.15) is 30.4 Å². The van der Waals surface area contributed by atoms with E-state index in [1.807, 2.05) is 6.92 Å². The summed E-state index contributed by atoms with van der Waals surface area (Å²) in [4.78, 5) is 0. The quantitative estimate of drug-likeness (QED) is 0.838. The lowest BCUT2D eigenvalue weighted by atomic mass is 10.00. The largest absolute Gasteiger partial charge is 0.489 e. The monoisotopic (exact) mass is 254 g/mol. The molecule has 92 valence electrons. The number of rotatable bonds is 1. The van der Waals surface area contributed by atoms with Gasteiger partial charge in [-0.25, -0.2) is 0 Å². The summed E-state index contributed by atoms with van der Waals surface area (Å²) in [6.45, 7) is 3.23. The molecule has 1 N–H and O–H groups in total. The van der Waals surface area contributed by atoms with Crippen LogP contribution in [-0.4, -0.2) is 18.3 Å². The maximum atomic E-state index is 10.3. The third-order valence-electron chi connectivity index (χ3n) is 3.42. The minimum Gasteiger partial charge on any atom is -0.489 e. The predicted molar refractivity (Wildman–Crippen MR) is 64.9 cm³/mol. The molecule has 0 amide bonds. The molecule has 1 saturated carbocycles.